The summed E-state index contributed by atoms with van der Waals surface area (Å²) in [7, 11) is 1.93. The van der Waals surface area contributed by atoms with Crippen molar-refractivity contribution in [1.29, 1.82) is 0 Å². The van der Waals surface area contributed by atoms with Gasteiger partial charge in [-0.05, 0) is 55.3 Å². The molecule has 35 heavy (non-hydrogen) atoms. The summed E-state index contributed by atoms with van der Waals surface area (Å²) in [6, 6.07) is 9.37. The standard InChI is InChI=1S/C25H27BrN6O3/c1-15-21(26)23-28-19(16(2)33)13-20(32(23)29-15)31(24(34)35-25(3,4)5)14-17-8-7-9-18(12-17)22-27-10-11-30(22)6/h7-13H,14H2,1-6H3. The van der Waals surface area contributed by atoms with Crippen molar-refractivity contribution in [2.24, 2.45) is 7.05 Å². The van der Waals surface area contributed by atoms with Crippen molar-refractivity contribution in [1.82, 2.24) is 24.1 Å². The number of carbonyl (C=O) groups excluding carboxylic acids is 2. The van der Waals surface area contributed by atoms with Crippen LogP contribution >= 0.6 is 15.9 Å². The first kappa shape index (κ1) is 24.6. The van der Waals surface area contributed by atoms with E-state index in [-0.39, 0.29) is 18.0 Å². The molecule has 0 unspecified atom stereocenters. The third-order valence-corrected chi connectivity index (χ3v) is 6.20. The van der Waals surface area contributed by atoms with Crippen molar-refractivity contribution in [3.63, 3.8) is 0 Å². The van der Waals surface area contributed by atoms with Crippen LogP contribution in [-0.2, 0) is 18.3 Å². The number of halogens is 1. The van der Waals surface area contributed by atoms with Gasteiger partial charge in [-0.15, -0.1) is 0 Å². The highest BCUT2D eigenvalue weighted by molar-refractivity contribution is 9.10. The number of ketones is 1. The lowest BCUT2D eigenvalue weighted by Gasteiger charge is -2.28. The van der Waals surface area contributed by atoms with Gasteiger partial charge in [0, 0.05) is 38.0 Å². The minimum Gasteiger partial charge on any atom is -0.443 e. The van der Waals surface area contributed by atoms with Gasteiger partial charge in [-0.25, -0.2) is 14.8 Å². The summed E-state index contributed by atoms with van der Waals surface area (Å²) in [5.74, 6) is 0.971. The summed E-state index contributed by atoms with van der Waals surface area (Å²) >= 11 is 3.51. The molecule has 3 heterocycles. The second-order valence-corrected chi connectivity index (χ2v) is 10.1. The van der Waals surface area contributed by atoms with E-state index in [0.29, 0.717) is 21.6 Å². The van der Waals surface area contributed by atoms with Gasteiger partial charge >= 0.3 is 6.09 Å². The second kappa shape index (κ2) is 9.26. The molecule has 0 saturated heterocycles. The van der Waals surface area contributed by atoms with Crippen LogP contribution in [0.5, 0.6) is 0 Å². The van der Waals surface area contributed by atoms with Gasteiger partial charge in [-0.3, -0.25) is 9.69 Å². The predicted molar refractivity (Wildman–Crippen MR) is 136 cm³/mol. The van der Waals surface area contributed by atoms with Crippen LogP contribution < -0.4 is 4.90 Å². The van der Waals surface area contributed by atoms with Gasteiger partial charge in [0.2, 0.25) is 0 Å². The average molecular weight is 539 g/mol. The maximum atomic E-state index is 13.5. The summed E-state index contributed by atoms with van der Waals surface area (Å²) in [6.07, 6.45) is 3.06. The van der Waals surface area contributed by atoms with E-state index in [0.717, 1.165) is 17.0 Å². The molecule has 0 aliphatic carbocycles. The zero-order valence-electron chi connectivity index (χ0n) is 20.5. The molecular weight excluding hydrogens is 512 g/mol. The fourth-order valence-corrected chi connectivity index (χ4v) is 3.98. The monoisotopic (exact) mass is 538 g/mol. The molecule has 0 N–H and O–H groups in total. The Hall–Kier alpha value is -3.53. The Morgan fingerprint density at radius 1 is 1.20 bits per heavy atom. The Bertz CT molecular complexity index is 1430. The first-order valence-corrected chi connectivity index (χ1v) is 11.9. The average Bonchev–Trinajstić information content (AvgIpc) is 3.33. The van der Waals surface area contributed by atoms with Gasteiger partial charge in [0.25, 0.3) is 0 Å². The Kier molecular flexibility index (Phi) is 6.50. The number of aromatic nitrogens is 5. The molecule has 1 amide bonds. The molecule has 0 fully saturated rings. The number of imidazole rings is 1. The molecule has 182 valence electrons. The highest BCUT2D eigenvalue weighted by atomic mass is 79.9. The molecule has 0 atom stereocenters. The molecule has 0 saturated carbocycles. The van der Waals surface area contributed by atoms with E-state index in [1.54, 1.807) is 16.8 Å². The third kappa shape index (κ3) is 5.12. The van der Waals surface area contributed by atoms with Crippen LogP contribution in [0.4, 0.5) is 10.6 Å². The maximum Gasteiger partial charge on any atom is 0.416 e. The van der Waals surface area contributed by atoms with Crippen molar-refractivity contribution in [3.8, 4) is 11.4 Å². The number of fused-ring (bicyclic) bond motifs is 1. The summed E-state index contributed by atoms with van der Waals surface area (Å²) in [5.41, 5.74) is 2.40. The highest BCUT2D eigenvalue weighted by Crippen LogP contribution is 2.29. The van der Waals surface area contributed by atoms with Crippen LogP contribution in [0, 0.1) is 6.92 Å². The number of Topliss-reactive ketones (excluding diaryl/α,β-unsaturated/α-hetero) is 1. The molecule has 0 aliphatic rings. The molecular formula is C25H27BrN6O3. The molecule has 0 radical (unpaired) electrons. The molecule has 0 spiro atoms. The summed E-state index contributed by atoms with van der Waals surface area (Å²) in [6.45, 7) is 8.87. The molecule has 4 aromatic rings. The maximum absolute atomic E-state index is 13.5. The largest absolute Gasteiger partial charge is 0.443 e. The van der Waals surface area contributed by atoms with Crippen molar-refractivity contribution >= 4 is 39.3 Å². The first-order valence-electron chi connectivity index (χ1n) is 11.1. The molecule has 0 aliphatic heterocycles. The Morgan fingerprint density at radius 3 is 2.57 bits per heavy atom. The second-order valence-electron chi connectivity index (χ2n) is 9.32. The van der Waals surface area contributed by atoms with Gasteiger partial charge < -0.3 is 9.30 Å². The molecule has 9 nitrogen and oxygen atoms in total. The lowest BCUT2D eigenvalue weighted by atomic mass is 10.1. The van der Waals surface area contributed by atoms with Crippen molar-refractivity contribution in [3.05, 3.63) is 64.1 Å². The zero-order chi connectivity index (χ0) is 25.5. The minimum atomic E-state index is -0.722. The summed E-state index contributed by atoms with van der Waals surface area (Å²) < 4.78 is 9.89. The van der Waals surface area contributed by atoms with Crippen LogP contribution in [-0.4, -0.2) is 41.6 Å². The van der Waals surface area contributed by atoms with E-state index in [1.165, 1.54) is 11.8 Å². The van der Waals surface area contributed by atoms with Gasteiger partial charge in [0.05, 0.1) is 16.7 Å². The molecule has 4 rings (SSSR count). The number of amides is 1. The van der Waals surface area contributed by atoms with Crippen LogP contribution in [0.2, 0.25) is 0 Å². The van der Waals surface area contributed by atoms with E-state index in [9.17, 15) is 9.59 Å². The van der Waals surface area contributed by atoms with Crippen molar-refractivity contribution in [2.75, 3.05) is 4.90 Å². The molecule has 1 aromatic carbocycles. The number of carbonyl (C=O) groups is 2. The third-order valence-electron chi connectivity index (χ3n) is 5.27. The van der Waals surface area contributed by atoms with E-state index in [4.69, 9.17) is 4.74 Å². The first-order chi connectivity index (χ1) is 16.4. The topological polar surface area (TPSA) is 94.6 Å². The Morgan fingerprint density at radius 2 is 1.94 bits per heavy atom. The molecule has 10 heteroatoms. The van der Waals surface area contributed by atoms with E-state index in [2.05, 4.69) is 31.0 Å². The Balaban J connectivity index is 1.86. The summed E-state index contributed by atoms with van der Waals surface area (Å²) in [4.78, 5) is 36.1. The number of anilines is 1. The lowest BCUT2D eigenvalue weighted by Crippen LogP contribution is -2.37. The molecule has 3 aromatic heterocycles. The van der Waals surface area contributed by atoms with E-state index >= 15 is 0 Å². The number of rotatable bonds is 5. The number of benzene rings is 1. The Labute approximate surface area is 211 Å². The molecule has 0 bridgehead atoms. The fourth-order valence-electron chi connectivity index (χ4n) is 3.65. The van der Waals surface area contributed by atoms with Gasteiger partial charge in [-0.1, -0.05) is 18.2 Å². The lowest BCUT2D eigenvalue weighted by molar-refractivity contribution is 0.0575. The van der Waals surface area contributed by atoms with Gasteiger partial charge in [0.1, 0.15) is 22.9 Å². The number of ether oxygens (including phenoxy) is 1. The van der Waals surface area contributed by atoms with Crippen LogP contribution in [0.1, 0.15) is 49.4 Å². The number of aryl methyl sites for hydroxylation is 2. The van der Waals surface area contributed by atoms with Crippen molar-refractivity contribution in [2.45, 2.75) is 46.8 Å². The highest BCUT2D eigenvalue weighted by Gasteiger charge is 2.28. The van der Waals surface area contributed by atoms with Crippen LogP contribution in [0.3, 0.4) is 0 Å². The number of hydrogen-bond donors (Lipinski definition) is 0. The van der Waals surface area contributed by atoms with E-state index in [1.807, 2.05) is 69.8 Å². The smallest absolute Gasteiger partial charge is 0.416 e. The van der Waals surface area contributed by atoms with Gasteiger partial charge in [-0.2, -0.15) is 9.61 Å². The predicted octanol–water partition coefficient (Wildman–Crippen LogP) is 5.35. The van der Waals surface area contributed by atoms with Gasteiger partial charge in [0.15, 0.2) is 11.4 Å². The number of hydrogen-bond acceptors (Lipinski definition) is 6. The zero-order valence-corrected chi connectivity index (χ0v) is 22.1. The van der Waals surface area contributed by atoms with Crippen LogP contribution in [0.15, 0.2) is 47.2 Å². The van der Waals surface area contributed by atoms with E-state index < -0.39 is 11.7 Å². The van der Waals surface area contributed by atoms with Crippen LogP contribution in [0.25, 0.3) is 17.0 Å². The number of nitrogens with zero attached hydrogens (tertiary/aromatic N) is 6. The van der Waals surface area contributed by atoms with Crippen molar-refractivity contribution < 1.29 is 14.3 Å². The summed E-state index contributed by atoms with van der Waals surface area (Å²) in [5, 5.41) is 4.56. The quantitative estimate of drug-likeness (QED) is 0.318. The SMILES string of the molecule is CC(=O)c1cc(N(Cc2cccc(-c3nccn3C)c2)C(=O)OC(C)(C)C)n2nc(C)c(Br)c2n1. The minimum absolute atomic E-state index is 0.181. The fraction of sp³-hybridized carbons (Fsp3) is 0.320. The normalized spacial score (nSPS) is 11.6.